The van der Waals surface area contributed by atoms with E-state index in [9.17, 15) is 25.2 Å². The number of rotatable bonds is 30. The Labute approximate surface area is 247 Å². The van der Waals surface area contributed by atoms with Gasteiger partial charge in [-0.3, -0.25) is 4.79 Å². The molecule has 0 aliphatic heterocycles. The Bertz CT molecular complexity index is 585. The van der Waals surface area contributed by atoms with E-state index in [1.165, 1.54) is 121 Å². The highest BCUT2D eigenvalue weighted by Gasteiger charge is 2.33. The summed E-state index contributed by atoms with van der Waals surface area (Å²) in [5, 5.41) is 40.9. The summed E-state index contributed by atoms with van der Waals surface area (Å²) in [4.78, 5) is 11.8. The van der Waals surface area contributed by atoms with Gasteiger partial charge < -0.3 is 26.2 Å². The van der Waals surface area contributed by atoms with Crippen LogP contribution in [0.2, 0.25) is 0 Å². The molecular weight excluding hydrogens is 502 g/mol. The van der Waals surface area contributed by atoms with Crippen LogP contribution in [0.3, 0.4) is 0 Å². The second-order valence-corrected chi connectivity index (χ2v) is 12.1. The van der Waals surface area contributed by atoms with Crippen molar-refractivity contribution in [2.75, 3.05) is 0 Å². The molecule has 0 aliphatic rings. The van der Waals surface area contributed by atoms with Gasteiger partial charge in [-0.05, 0) is 12.8 Å². The first-order valence-corrected chi connectivity index (χ1v) is 17.1. The largest absolute Gasteiger partial charge is 0.481 e. The lowest BCUT2D eigenvalue weighted by atomic mass is 9.88. The van der Waals surface area contributed by atoms with Crippen molar-refractivity contribution in [2.45, 2.75) is 192 Å². The summed E-state index contributed by atoms with van der Waals surface area (Å²) in [7, 11) is 0. The molecule has 0 bridgehead atoms. The summed E-state index contributed by atoms with van der Waals surface area (Å²) >= 11 is 0. The number of aliphatic hydroxyl groups is 3. The van der Waals surface area contributed by atoms with E-state index in [1.54, 1.807) is 0 Å². The highest BCUT2D eigenvalue weighted by atomic mass is 16.4. The van der Waals surface area contributed by atoms with Crippen LogP contribution in [0, 0.1) is 5.92 Å². The van der Waals surface area contributed by atoms with Crippen LogP contribution in [-0.4, -0.2) is 50.7 Å². The number of unbranched alkanes of at least 4 members (excludes halogenated alkanes) is 20. The fourth-order valence-electron chi connectivity index (χ4n) is 5.42. The van der Waals surface area contributed by atoms with Gasteiger partial charge in [0.1, 0.15) is 0 Å². The topological polar surface area (TPSA) is 124 Å². The van der Waals surface area contributed by atoms with Crippen molar-refractivity contribution in [1.29, 1.82) is 0 Å². The molecule has 0 rings (SSSR count). The highest BCUT2D eigenvalue weighted by molar-refractivity contribution is 5.70. The van der Waals surface area contributed by atoms with E-state index in [2.05, 4.69) is 13.8 Å². The minimum Gasteiger partial charge on any atom is -0.481 e. The van der Waals surface area contributed by atoms with E-state index in [0.717, 1.165) is 32.1 Å². The smallest absolute Gasteiger partial charge is 0.309 e. The molecule has 0 aromatic carbocycles. The normalized spacial score (nSPS) is 15.8. The fourth-order valence-corrected chi connectivity index (χ4v) is 5.42. The Morgan fingerprint density at radius 2 is 0.925 bits per heavy atom. The molecule has 0 heterocycles. The van der Waals surface area contributed by atoms with E-state index in [0.29, 0.717) is 12.8 Å². The van der Waals surface area contributed by atoms with Crippen LogP contribution in [0.4, 0.5) is 0 Å². The minimum absolute atomic E-state index is 0.347. The zero-order chi connectivity index (χ0) is 29.8. The maximum atomic E-state index is 11.8. The first kappa shape index (κ1) is 39.0. The molecule has 0 fully saturated rings. The molecular formula is C34H67NO5. The summed E-state index contributed by atoms with van der Waals surface area (Å²) < 4.78 is 0. The van der Waals surface area contributed by atoms with Crippen molar-refractivity contribution in [3.05, 3.63) is 12.2 Å². The highest BCUT2D eigenvalue weighted by Crippen LogP contribution is 2.20. The Morgan fingerprint density at radius 1 is 0.575 bits per heavy atom. The molecule has 0 saturated heterocycles. The van der Waals surface area contributed by atoms with Crippen molar-refractivity contribution in [2.24, 2.45) is 11.7 Å². The van der Waals surface area contributed by atoms with Gasteiger partial charge in [0.2, 0.25) is 0 Å². The van der Waals surface area contributed by atoms with Gasteiger partial charge in [-0.2, -0.15) is 0 Å². The van der Waals surface area contributed by atoms with Crippen molar-refractivity contribution >= 4 is 5.97 Å². The minimum atomic E-state index is -1.34. The van der Waals surface area contributed by atoms with Crippen LogP contribution in [0.1, 0.15) is 168 Å². The number of nitrogens with two attached hydrogens (primary N) is 1. The van der Waals surface area contributed by atoms with Crippen molar-refractivity contribution in [3.8, 4) is 0 Å². The van der Waals surface area contributed by atoms with Crippen molar-refractivity contribution in [3.63, 3.8) is 0 Å². The fraction of sp³-hybridized carbons (Fsp3) is 0.912. The molecule has 40 heavy (non-hydrogen) atoms. The van der Waals surface area contributed by atoms with E-state index < -0.39 is 36.2 Å². The molecule has 0 amide bonds. The van der Waals surface area contributed by atoms with Gasteiger partial charge in [0.05, 0.1) is 30.3 Å². The molecule has 0 aliphatic carbocycles. The molecule has 0 radical (unpaired) electrons. The molecule has 5 atom stereocenters. The van der Waals surface area contributed by atoms with Gasteiger partial charge in [-0.15, -0.1) is 0 Å². The number of carbonyl (C=O) groups is 1. The SMILES string of the molecule is CCCCCCCCCCCCCCC(C(=O)O)C(O)[C@H](N)[C@H](O)/C=C/C(O)CCCCCCCCCCCC. The van der Waals surface area contributed by atoms with E-state index in [1.807, 2.05) is 0 Å². The summed E-state index contributed by atoms with van der Waals surface area (Å²) in [6.45, 7) is 4.47. The third-order valence-corrected chi connectivity index (χ3v) is 8.27. The first-order valence-electron chi connectivity index (χ1n) is 17.1. The van der Waals surface area contributed by atoms with Crippen LogP contribution in [0.15, 0.2) is 12.2 Å². The van der Waals surface area contributed by atoms with Crippen LogP contribution in [0.25, 0.3) is 0 Å². The van der Waals surface area contributed by atoms with Gasteiger partial charge in [0.15, 0.2) is 0 Å². The predicted molar refractivity (Wildman–Crippen MR) is 168 cm³/mol. The third kappa shape index (κ3) is 22.7. The first-order chi connectivity index (χ1) is 19.3. The maximum absolute atomic E-state index is 11.8. The van der Waals surface area contributed by atoms with E-state index in [4.69, 9.17) is 5.73 Å². The second-order valence-electron chi connectivity index (χ2n) is 12.1. The summed E-state index contributed by atoms with van der Waals surface area (Å²) in [6.07, 6.45) is 27.4. The third-order valence-electron chi connectivity index (χ3n) is 8.27. The molecule has 238 valence electrons. The molecule has 3 unspecified atom stereocenters. The average Bonchev–Trinajstić information content (AvgIpc) is 2.94. The number of carboxylic acids is 1. The number of hydrogen-bond donors (Lipinski definition) is 5. The molecule has 6 N–H and O–H groups in total. The number of aliphatic carboxylic acids is 1. The number of hydrogen-bond acceptors (Lipinski definition) is 5. The Kier molecular flexibility index (Phi) is 27.5. The summed E-state index contributed by atoms with van der Waals surface area (Å²) in [5.41, 5.74) is 6.03. The second kappa shape index (κ2) is 28.2. The predicted octanol–water partition coefficient (Wildman–Crippen LogP) is 8.06. The molecule has 0 spiro atoms. The molecule has 0 saturated carbocycles. The van der Waals surface area contributed by atoms with Crippen LogP contribution in [0.5, 0.6) is 0 Å². The van der Waals surface area contributed by atoms with Crippen LogP contribution < -0.4 is 5.73 Å². The van der Waals surface area contributed by atoms with Gasteiger partial charge in [-0.1, -0.05) is 167 Å². The lowest BCUT2D eigenvalue weighted by Gasteiger charge is -2.27. The van der Waals surface area contributed by atoms with Crippen molar-refractivity contribution in [1.82, 2.24) is 0 Å². The number of aliphatic hydroxyl groups excluding tert-OH is 3. The molecule has 6 nitrogen and oxygen atoms in total. The molecule has 0 aromatic heterocycles. The van der Waals surface area contributed by atoms with Gasteiger partial charge in [-0.25, -0.2) is 0 Å². The molecule has 0 aromatic rings. The van der Waals surface area contributed by atoms with Crippen LogP contribution >= 0.6 is 0 Å². The van der Waals surface area contributed by atoms with E-state index in [-0.39, 0.29) is 0 Å². The molecule has 6 heteroatoms. The summed E-state index contributed by atoms with van der Waals surface area (Å²) in [5.74, 6) is -2.08. The van der Waals surface area contributed by atoms with E-state index >= 15 is 0 Å². The maximum Gasteiger partial charge on any atom is 0.309 e. The van der Waals surface area contributed by atoms with Gasteiger partial charge in [0, 0.05) is 0 Å². The zero-order valence-electron chi connectivity index (χ0n) is 26.3. The average molecular weight is 570 g/mol. The Hall–Kier alpha value is -0.950. The Balaban J connectivity index is 4.08. The lowest BCUT2D eigenvalue weighted by Crippen LogP contribution is -2.49. The van der Waals surface area contributed by atoms with Gasteiger partial charge in [0.25, 0.3) is 0 Å². The Morgan fingerprint density at radius 3 is 1.30 bits per heavy atom. The standard InChI is InChI=1S/C34H67NO5/c1-3-5-7-9-11-13-15-16-18-20-22-24-26-30(34(39)40)33(38)32(35)31(37)28-27-29(36)25-23-21-19-17-14-12-10-8-6-4-2/h27-33,36-38H,3-26,35H2,1-2H3,(H,39,40)/b28-27+/t29?,30?,31-,32-,33?/m1/s1. The van der Waals surface area contributed by atoms with Crippen LogP contribution in [-0.2, 0) is 4.79 Å². The number of carboxylic acid groups (broad SMARTS) is 1. The quantitative estimate of drug-likeness (QED) is 0.0440. The monoisotopic (exact) mass is 570 g/mol. The van der Waals surface area contributed by atoms with Crippen molar-refractivity contribution < 1.29 is 25.2 Å². The lowest BCUT2D eigenvalue weighted by molar-refractivity contribution is -0.147. The zero-order valence-corrected chi connectivity index (χ0v) is 26.3. The summed E-state index contributed by atoms with van der Waals surface area (Å²) in [6, 6.07) is -1.11. The van der Waals surface area contributed by atoms with Gasteiger partial charge >= 0.3 is 5.97 Å².